The molecule has 0 saturated heterocycles. The Balaban J connectivity index is 0.00000128. The van der Waals surface area contributed by atoms with Crippen molar-refractivity contribution in [2.75, 3.05) is 0 Å². The molecule has 0 atom stereocenters. The van der Waals surface area contributed by atoms with Crippen molar-refractivity contribution < 1.29 is 4.79 Å². The van der Waals surface area contributed by atoms with Crippen molar-refractivity contribution in [2.24, 2.45) is 5.73 Å². The van der Waals surface area contributed by atoms with Gasteiger partial charge in [-0.25, -0.2) is 4.98 Å². The quantitative estimate of drug-likeness (QED) is 0.877. The first-order valence-electron chi connectivity index (χ1n) is 5.20. The third kappa shape index (κ3) is 4.79. The molecular formula is C10H17Cl2N3OS. The topological polar surface area (TPSA) is 68.0 Å². The Hall–Kier alpha value is -0.360. The maximum absolute atomic E-state index is 11.7. The molecule has 0 bridgehead atoms. The van der Waals surface area contributed by atoms with E-state index in [4.69, 9.17) is 5.73 Å². The second-order valence-electron chi connectivity index (χ2n) is 3.96. The maximum atomic E-state index is 11.7. The van der Waals surface area contributed by atoms with Gasteiger partial charge in [0.1, 0.15) is 5.69 Å². The first-order chi connectivity index (χ1) is 7.25. The van der Waals surface area contributed by atoms with Gasteiger partial charge in [-0.05, 0) is 25.7 Å². The van der Waals surface area contributed by atoms with Crippen LogP contribution in [-0.2, 0) is 0 Å². The van der Waals surface area contributed by atoms with Crippen LogP contribution in [0.15, 0.2) is 10.9 Å². The van der Waals surface area contributed by atoms with E-state index in [1.807, 2.05) is 0 Å². The highest BCUT2D eigenvalue weighted by molar-refractivity contribution is 7.07. The third-order valence-electron chi connectivity index (χ3n) is 2.77. The lowest BCUT2D eigenvalue weighted by Gasteiger charge is -2.26. The number of amides is 1. The van der Waals surface area contributed by atoms with E-state index in [2.05, 4.69) is 10.3 Å². The molecule has 1 saturated carbocycles. The lowest BCUT2D eigenvalue weighted by Crippen LogP contribution is -2.40. The number of thiazole rings is 1. The van der Waals surface area contributed by atoms with Crippen molar-refractivity contribution in [3.63, 3.8) is 0 Å². The molecule has 0 aliphatic heterocycles. The fraction of sp³-hybridized carbons (Fsp3) is 0.600. The molecule has 1 heterocycles. The number of hydrogen-bond acceptors (Lipinski definition) is 4. The van der Waals surface area contributed by atoms with E-state index >= 15 is 0 Å². The van der Waals surface area contributed by atoms with Crippen LogP contribution in [0.4, 0.5) is 0 Å². The van der Waals surface area contributed by atoms with Crippen LogP contribution >= 0.6 is 36.2 Å². The summed E-state index contributed by atoms with van der Waals surface area (Å²) >= 11 is 1.44. The minimum atomic E-state index is -0.0586. The summed E-state index contributed by atoms with van der Waals surface area (Å²) in [5.74, 6) is -0.0586. The summed E-state index contributed by atoms with van der Waals surface area (Å²) in [6.45, 7) is 0. The van der Waals surface area contributed by atoms with E-state index in [9.17, 15) is 4.79 Å². The average Bonchev–Trinajstić information content (AvgIpc) is 2.74. The number of nitrogens with two attached hydrogens (primary N) is 1. The summed E-state index contributed by atoms with van der Waals surface area (Å²) in [7, 11) is 0. The molecule has 1 aliphatic carbocycles. The second kappa shape index (κ2) is 7.87. The standard InChI is InChI=1S/C10H15N3OS.2ClH/c11-7-1-3-8(4-2-7)13-10(14)9-5-15-6-12-9;;/h5-8H,1-4,11H2,(H,13,14);2*1H. The highest BCUT2D eigenvalue weighted by atomic mass is 35.5. The van der Waals surface area contributed by atoms with E-state index in [0.717, 1.165) is 25.7 Å². The van der Waals surface area contributed by atoms with Gasteiger partial charge >= 0.3 is 0 Å². The van der Waals surface area contributed by atoms with Crippen molar-refractivity contribution in [3.05, 3.63) is 16.6 Å². The lowest BCUT2D eigenvalue weighted by molar-refractivity contribution is 0.0921. The Bertz CT molecular complexity index is 326. The van der Waals surface area contributed by atoms with E-state index in [1.54, 1.807) is 10.9 Å². The summed E-state index contributed by atoms with van der Waals surface area (Å²) < 4.78 is 0. The minimum absolute atomic E-state index is 0. The highest BCUT2D eigenvalue weighted by Gasteiger charge is 2.20. The molecule has 1 aliphatic rings. The molecule has 2 rings (SSSR count). The molecule has 1 aromatic rings. The summed E-state index contributed by atoms with van der Waals surface area (Å²) in [5.41, 5.74) is 7.99. The fourth-order valence-electron chi connectivity index (χ4n) is 1.85. The van der Waals surface area contributed by atoms with Crippen molar-refractivity contribution in [1.29, 1.82) is 0 Å². The second-order valence-corrected chi connectivity index (χ2v) is 4.68. The van der Waals surface area contributed by atoms with Crippen LogP contribution in [0, 0.1) is 0 Å². The van der Waals surface area contributed by atoms with Gasteiger partial charge in [-0.1, -0.05) is 0 Å². The van der Waals surface area contributed by atoms with E-state index in [0.29, 0.717) is 11.7 Å². The largest absolute Gasteiger partial charge is 0.348 e. The van der Waals surface area contributed by atoms with Gasteiger partial charge in [0, 0.05) is 17.5 Å². The van der Waals surface area contributed by atoms with Crippen LogP contribution < -0.4 is 11.1 Å². The Labute approximate surface area is 117 Å². The zero-order valence-corrected chi connectivity index (χ0v) is 11.7. The predicted molar refractivity (Wildman–Crippen MR) is 74.3 cm³/mol. The van der Waals surface area contributed by atoms with Crippen molar-refractivity contribution >= 4 is 42.1 Å². The number of nitrogens with zero attached hydrogens (tertiary/aromatic N) is 1. The molecule has 98 valence electrons. The molecule has 0 unspecified atom stereocenters. The van der Waals surface area contributed by atoms with Crippen LogP contribution in [0.5, 0.6) is 0 Å². The van der Waals surface area contributed by atoms with Gasteiger partial charge in [0.05, 0.1) is 5.51 Å². The molecule has 0 radical (unpaired) electrons. The van der Waals surface area contributed by atoms with Crippen molar-refractivity contribution in [3.8, 4) is 0 Å². The molecule has 3 N–H and O–H groups in total. The van der Waals surface area contributed by atoms with Crippen molar-refractivity contribution in [2.45, 2.75) is 37.8 Å². The highest BCUT2D eigenvalue weighted by Crippen LogP contribution is 2.17. The summed E-state index contributed by atoms with van der Waals surface area (Å²) in [6, 6.07) is 0.594. The van der Waals surface area contributed by atoms with Gasteiger partial charge in [-0.15, -0.1) is 36.2 Å². The van der Waals surface area contributed by atoms with Gasteiger partial charge in [-0.3, -0.25) is 4.79 Å². The van der Waals surface area contributed by atoms with Gasteiger partial charge in [0.25, 0.3) is 5.91 Å². The van der Waals surface area contributed by atoms with Crippen LogP contribution in [0.25, 0.3) is 0 Å². The van der Waals surface area contributed by atoms with Crippen LogP contribution in [-0.4, -0.2) is 23.0 Å². The Kier molecular flexibility index (Phi) is 7.70. The number of hydrogen-bond donors (Lipinski definition) is 2. The monoisotopic (exact) mass is 297 g/mol. The lowest BCUT2D eigenvalue weighted by atomic mass is 9.92. The van der Waals surface area contributed by atoms with E-state index in [-0.39, 0.29) is 36.8 Å². The Morgan fingerprint density at radius 2 is 2.00 bits per heavy atom. The SMILES string of the molecule is Cl.Cl.NC1CCC(NC(=O)c2cscn2)CC1. The zero-order valence-electron chi connectivity index (χ0n) is 9.30. The maximum Gasteiger partial charge on any atom is 0.270 e. The van der Waals surface area contributed by atoms with Crippen molar-refractivity contribution in [1.82, 2.24) is 10.3 Å². The fourth-order valence-corrected chi connectivity index (χ4v) is 2.38. The minimum Gasteiger partial charge on any atom is -0.348 e. The number of carbonyl (C=O) groups excluding carboxylic acids is 1. The van der Waals surface area contributed by atoms with Gasteiger partial charge in [0.15, 0.2) is 0 Å². The average molecular weight is 298 g/mol. The molecule has 7 heteroatoms. The van der Waals surface area contributed by atoms with Crippen LogP contribution in [0.3, 0.4) is 0 Å². The van der Waals surface area contributed by atoms with Gasteiger partial charge in [-0.2, -0.15) is 0 Å². The normalized spacial score (nSPS) is 23.1. The molecule has 4 nitrogen and oxygen atoms in total. The number of nitrogens with one attached hydrogen (secondary N) is 1. The number of rotatable bonds is 2. The predicted octanol–water partition coefficient (Wildman–Crippen LogP) is 1.99. The Morgan fingerprint density at radius 1 is 1.35 bits per heavy atom. The molecule has 0 spiro atoms. The number of halogens is 2. The smallest absolute Gasteiger partial charge is 0.270 e. The zero-order chi connectivity index (χ0) is 10.7. The summed E-state index contributed by atoms with van der Waals surface area (Å²) in [4.78, 5) is 15.6. The Morgan fingerprint density at radius 3 is 2.53 bits per heavy atom. The van der Waals surface area contributed by atoms with Crippen LogP contribution in [0.2, 0.25) is 0 Å². The van der Waals surface area contributed by atoms with Gasteiger partial charge < -0.3 is 11.1 Å². The number of aromatic nitrogens is 1. The van der Waals surface area contributed by atoms with E-state index < -0.39 is 0 Å². The molecule has 17 heavy (non-hydrogen) atoms. The molecule has 1 aromatic heterocycles. The molecular weight excluding hydrogens is 281 g/mol. The summed E-state index contributed by atoms with van der Waals surface area (Å²) in [6.07, 6.45) is 3.97. The number of carbonyl (C=O) groups is 1. The summed E-state index contributed by atoms with van der Waals surface area (Å²) in [5, 5.41) is 4.76. The van der Waals surface area contributed by atoms with Crippen LogP contribution in [0.1, 0.15) is 36.2 Å². The molecule has 1 amide bonds. The molecule has 1 fully saturated rings. The van der Waals surface area contributed by atoms with E-state index in [1.165, 1.54) is 11.3 Å². The first kappa shape index (κ1) is 16.6. The first-order valence-corrected chi connectivity index (χ1v) is 6.14. The third-order valence-corrected chi connectivity index (χ3v) is 3.36. The van der Waals surface area contributed by atoms with Gasteiger partial charge in [0.2, 0.25) is 0 Å². The molecule has 0 aromatic carbocycles.